The Kier molecular flexibility index (Phi) is 8.37. The van der Waals surface area contributed by atoms with Crippen molar-refractivity contribution in [2.75, 3.05) is 24.5 Å². The summed E-state index contributed by atoms with van der Waals surface area (Å²) >= 11 is 0. The molecular weight excluding hydrogens is 438 g/mol. The molecule has 35 heavy (non-hydrogen) atoms. The fraction of sp³-hybridized carbons (Fsp3) is 0.379. The molecule has 1 aliphatic rings. The van der Waals surface area contributed by atoms with Gasteiger partial charge in [-0.15, -0.1) is 0 Å². The van der Waals surface area contributed by atoms with Crippen molar-refractivity contribution in [1.29, 1.82) is 0 Å². The predicted octanol–water partition coefficient (Wildman–Crippen LogP) is 5.33. The maximum absolute atomic E-state index is 12.6. The van der Waals surface area contributed by atoms with Gasteiger partial charge in [-0.05, 0) is 62.2 Å². The number of esters is 1. The molecule has 6 heteroatoms. The van der Waals surface area contributed by atoms with Crippen LogP contribution >= 0.6 is 0 Å². The van der Waals surface area contributed by atoms with E-state index in [1.54, 1.807) is 18.3 Å². The van der Waals surface area contributed by atoms with Gasteiger partial charge in [0.05, 0.1) is 6.10 Å². The van der Waals surface area contributed by atoms with Crippen LogP contribution in [-0.2, 0) is 17.9 Å². The molecule has 0 unspecified atom stereocenters. The first kappa shape index (κ1) is 24.7. The number of aromatic nitrogens is 1. The Morgan fingerprint density at radius 1 is 1.06 bits per heavy atom. The first-order valence-electron chi connectivity index (χ1n) is 12.4. The van der Waals surface area contributed by atoms with E-state index in [0.29, 0.717) is 18.2 Å². The molecule has 2 heterocycles. The lowest BCUT2D eigenvalue weighted by Crippen LogP contribution is -2.37. The standard InChI is InChI=1S/C29H35N3O3/c1-4-31(19-23-12-14-26(15-13-23)34-21-24-9-6-5-7-10-24)25-16-18-32(20-25)28-27(11-8-17-30-28)29(33)35-22(2)3/h5-15,17,22,25H,4,16,18-21H2,1-3H3/t25-/m0/s1. The second kappa shape index (κ2) is 11.8. The molecule has 1 saturated heterocycles. The van der Waals surface area contributed by atoms with E-state index in [2.05, 4.69) is 46.0 Å². The smallest absolute Gasteiger partial charge is 0.342 e. The van der Waals surface area contributed by atoms with Crippen molar-refractivity contribution in [2.24, 2.45) is 0 Å². The van der Waals surface area contributed by atoms with Crippen LogP contribution in [0.5, 0.6) is 5.75 Å². The molecule has 1 aromatic heterocycles. The summed E-state index contributed by atoms with van der Waals surface area (Å²) in [6, 6.07) is 22.6. The van der Waals surface area contributed by atoms with Crippen LogP contribution in [0.4, 0.5) is 5.82 Å². The fourth-order valence-electron chi connectivity index (χ4n) is 4.48. The number of rotatable bonds is 10. The summed E-state index contributed by atoms with van der Waals surface area (Å²) in [5.74, 6) is 1.29. The zero-order chi connectivity index (χ0) is 24.6. The van der Waals surface area contributed by atoms with Gasteiger partial charge in [0.1, 0.15) is 23.7 Å². The van der Waals surface area contributed by atoms with Crippen molar-refractivity contribution in [3.05, 3.63) is 89.6 Å². The van der Waals surface area contributed by atoms with Crippen LogP contribution in [-0.4, -0.2) is 47.6 Å². The predicted molar refractivity (Wildman–Crippen MR) is 139 cm³/mol. The summed E-state index contributed by atoms with van der Waals surface area (Å²) in [4.78, 5) is 21.8. The Labute approximate surface area is 208 Å². The lowest BCUT2D eigenvalue weighted by Gasteiger charge is -2.28. The third kappa shape index (κ3) is 6.61. The molecule has 4 rings (SSSR count). The monoisotopic (exact) mass is 473 g/mol. The maximum Gasteiger partial charge on any atom is 0.342 e. The van der Waals surface area contributed by atoms with Gasteiger partial charge in [0.15, 0.2) is 0 Å². The van der Waals surface area contributed by atoms with Gasteiger partial charge in [-0.2, -0.15) is 0 Å². The van der Waals surface area contributed by atoms with Crippen molar-refractivity contribution in [2.45, 2.75) is 52.5 Å². The van der Waals surface area contributed by atoms with Gasteiger partial charge in [-0.25, -0.2) is 9.78 Å². The van der Waals surface area contributed by atoms with Crippen LogP contribution in [0.1, 0.15) is 48.7 Å². The Balaban J connectivity index is 1.35. The minimum atomic E-state index is -0.312. The SMILES string of the molecule is CCN(Cc1ccc(OCc2ccccc2)cc1)[C@H]1CCN(c2ncccc2C(=O)OC(C)C)C1. The lowest BCUT2D eigenvalue weighted by molar-refractivity contribution is 0.0378. The first-order chi connectivity index (χ1) is 17.0. The average molecular weight is 474 g/mol. The lowest BCUT2D eigenvalue weighted by atomic mass is 10.1. The van der Waals surface area contributed by atoms with Gasteiger partial charge in [0.25, 0.3) is 0 Å². The number of benzene rings is 2. The average Bonchev–Trinajstić information content (AvgIpc) is 3.37. The summed E-state index contributed by atoms with van der Waals surface area (Å²) in [6.45, 7) is 10.0. The van der Waals surface area contributed by atoms with Crippen LogP contribution in [0.2, 0.25) is 0 Å². The molecule has 0 radical (unpaired) electrons. The molecule has 1 atom stereocenters. The minimum absolute atomic E-state index is 0.160. The van der Waals surface area contributed by atoms with Crippen molar-refractivity contribution in [1.82, 2.24) is 9.88 Å². The summed E-state index contributed by atoms with van der Waals surface area (Å²) in [6.07, 6.45) is 2.61. The zero-order valence-electron chi connectivity index (χ0n) is 20.9. The highest BCUT2D eigenvalue weighted by molar-refractivity contribution is 5.94. The number of likely N-dealkylation sites (N-methyl/N-ethyl adjacent to an activating group) is 1. The van der Waals surface area contributed by atoms with Gasteiger partial charge in [0.2, 0.25) is 0 Å². The molecule has 0 saturated carbocycles. The molecule has 184 valence electrons. The van der Waals surface area contributed by atoms with E-state index in [-0.39, 0.29) is 12.1 Å². The Morgan fingerprint density at radius 3 is 2.54 bits per heavy atom. The largest absolute Gasteiger partial charge is 0.489 e. The zero-order valence-corrected chi connectivity index (χ0v) is 20.9. The highest BCUT2D eigenvalue weighted by Crippen LogP contribution is 2.26. The Bertz CT molecular complexity index is 1090. The van der Waals surface area contributed by atoms with E-state index in [1.807, 2.05) is 44.2 Å². The van der Waals surface area contributed by atoms with Crippen molar-refractivity contribution in [3.8, 4) is 5.75 Å². The van der Waals surface area contributed by atoms with E-state index in [4.69, 9.17) is 9.47 Å². The van der Waals surface area contributed by atoms with Gasteiger partial charge in [-0.1, -0.05) is 49.4 Å². The van der Waals surface area contributed by atoms with E-state index in [1.165, 1.54) is 5.56 Å². The molecule has 0 spiro atoms. The summed E-state index contributed by atoms with van der Waals surface area (Å²) in [5.41, 5.74) is 2.96. The van der Waals surface area contributed by atoms with Crippen LogP contribution < -0.4 is 9.64 Å². The highest BCUT2D eigenvalue weighted by atomic mass is 16.5. The van der Waals surface area contributed by atoms with Crippen LogP contribution in [0.15, 0.2) is 72.9 Å². The van der Waals surface area contributed by atoms with Crippen LogP contribution in [0, 0.1) is 0 Å². The number of anilines is 1. The Hall–Kier alpha value is -3.38. The summed E-state index contributed by atoms with van der Waals surface area (Å²) < 4.78 is 11.4. The van der Waals surface area contributed by atoms with E-state index in [9.17, 15) is 4.79 Å². The van der Waals surface area contributed by atoms with Crippen LogP contribution in [0.3, 0.4) is 0 Å². The van der Waals surface area contributed by atoms with Crippen molar-refractivity contribution >= 4 is 11.8 Å². The molecule has 3 aromatic rings. The quantitative estimate of drug-likeness (QED) is 0.371. The number of carbonyl (C=O) groups is 1. The van der Waals surface area contributed by atoms with Crippen LogP contribution in [0.25, 0.3) is 0 Å². The molecule has 0 amide bonds. The second-order valence-electron chi connectivity index (χ2n) is 9.20. The van der Waals surface area contributed by atoms with Crippen molar-refractivity contribution < 1.29 is 14.3 Å². The van der Waals surface area contributed by atoms with Gasteiger partial charge in [0, 0.05) is 31.9 Å². The number of ether oxygens (including phenoxy) is 2. The number of hydrogen-bond acceptors (Lipinski definition) is 6. The topological polar surface area (TPSA) is 54.9 Å². The third-order valence-electron chi connectivity index (χ3n) is 6.29. The van der Waals surface area contributed by atoms with Gasteiger partial charge >= 0.3 is 5.97 Å². The number of carbonyl (C=O) groups excluding carboxylic acids is 1. The molecular formula is C29H35N3O3. The minimum Gasteiger partial charge on any atom is -0.489 e. The summed E-state index contributed by atoms with van der Waals surface area (Å²) in [7, 11) is 0. The number of pyridine rings is 1. The first-order valence-corrected chi connectivity index (χ1v) is 12.4. The van der Waals surface area contributed by atoms with Gasteiger partial charge < -0.3 is 14.4 Å². The fourth-order valence-corrected chi connectivity index (χ4v) is 4.48. The molecule has 0 aliphatic carbocycles. The van der Waals surface area contributed by atoms with Gasteiger partial charge in [-0.3, -0.25) is 4.90 Å². The van der Waals surface area contributed by atoms with E-state index >= 15 is 0 Å². The number of nitrogens with zero attached hydrogens (tertiary/aromatic N) is 3. The highest BCUT2D eigenvalue weighted by Gasteiger charge is 2.30. The summed E-state index contributed by atoms with van der Waals surface area (Å²) in [5, 5.41) is 0. The molecule has 0 bridgehead atoms. The molecule has 1 fully saturated rings. The molecule has 6 nitrogen and oxygen atoms in total. The maximum atomic E-state index is 12.6. The molecule has 2 aromatic carbocycles. The third-order valence-corrected chi connectivity index (χ3v) is 6.29. The Morgan fingerprint density at radius 2 is 1.83 bits per heavy atom. The van der Waals surface area contributed by atoms with E-state index in [0.717, 1.165) is 49.7 Å². The molecule has 0 N–H and O–H groups in total. The van der Waals surface area contributed by atoms with E-state index < -0.39 is 0 Å². The molecule has 1 aliphatic heterocycles. The van der Waals surface area contributed by atoms with Crippen molar-refractivity contribution in [3.63, 3.8) is 0 Å². The number of hydrogen-bond donors (Lipinski definition) is 0. The second-order valence-corrected chi connectivity index (χ2v) is 9.20. The normalized spacial score (nSPS) is 15.6.